The number of nitrogens with zero attached hydrogens (tertiary/aromatic N) is 1. The summed E-state index contributed by atoms with van der Waals surface area (Å²) in [6.07, 6.45) is 5.99. The number of carboxylic acids is 2. The number of carbonyl (C=O) groups is 3. The van der Waals surface area contributed by atoms with Gasteiger partial charge in [-0.25, -0.2) is 14.6 Å². The SMILES string of the molecule is C[S+](C)[O-].NC(Cc1ccccc1)C(=O)O.O=C(NC(Cc1c[nH]cn1)C(=O)O)OCc1ccccc1. The summed E-state index contributed by atoms with van der Waals surface area (Å²) in [5.74, 6) is -2.10. The molecule has 37 heavy (non-hydrogen) atoms. The first kappa shape index (κ1) is 31.2. The number of hydrogen-bond acceptors (Lipinski definition) is 7. The van der Waals surface area contributed by atoms with Crippen LogP contribution in [0.2, 0.25) is 0 Å². The highest BCUT2D eigenvalue weighted by Crippen LogP contribution is 2.03. The van der Waals surface area contributed by atoms with Crippen molar-refractivity contribution in [3.63, 3.8) is 0 Å². The van der Waals surface area contributed by atoms with Gasteiger partial charge in [0, 0.05) is 12.6 Å². The minimum Gasteiger partial charge on any atom is -0.617 e. The summed E-state index contributed by atoms with van der Waals surface area (Å²) in [5, 5.41) is 19.9. The molecule has 3 aromatic rings. The van der Waals surface area contributed by atoms with Crippen molar-refractivity contribution in [3.05, 3.63) is 90.0 Å². The van der Waals surface area contributed by atoms with Crippen LogP contribution in [-0.2, 0) is 45.0 Å². The van der Waals surface area contributed by atoms with Crippen LogP contribution in [0.4, 0.5) is 4.79 Å². The standard InChI is InChI=1S/C14H15N3O4.C9H11NO2.C2H6OS/c18-13(19)12(6-11-7-15-9-16-11)17-14(20)21-8-10-4-2-1-3-5-10;10-8(9(11)12)6-7-4-2-1-3-5-7;1-4(2)3/h1-5,7,9,12H,6,8H2,(H,15,16)(H,17,20)(H,18,19);1-5,8H,6,10H2,(H,11,12);1-2H3. The summed E-state index contributed by atoms with van der Waals surface area (Å²) >= 11 is -0.611. The lowest BCUT2D eigenvalue weighted by Crippen LogP contribution is -2.42. The molecule has 1 aromatic heterocycles. The molecule has 0 aliphatic heterocycles. The number of imidazole rings is 1. The number of ether oxygens (including phenoxy) is 1. The Morgan fingerprint density at radius 1 is 1.00 bits per heavy atom. The van der Waals surface area contributed by atoms with Crippen LogP contribution in [-0.4, -0.2) is 67.4 Å². The fourth-order valence-electron chi connectivity index (χ4n) is 2.67. The van der Waals surface area contributed by atoms with Gasteiger partial charge in [-0.1, -0.05) is 71.8 Å². The molecule has 0 bridgehead atoms. The molecule has 0 spiro atoms. The first-order valence-corrected chi connectivity index (χ1v) is 13.0. The maximum Gasteiger partial charge on any atom is 0.408 e. The summed E-state index contributed by atoms with van der Waals surface area (Å²) in [5.41, 5.74) is 7.67. The average molecular weight is 533 g/mol. The Bertz CT molecular complexity index is 1050. The normalized spacial score (nSPS) is 11.6. The summed E-state index contributed by atoms with van der Waals surface area (Å²) < 4.78 is 14.5. The third kappa shape index (κ3) is 15.0. The number of amides is 1. The van der Waals surface area contributed by atoms with E-state index in [4.69, 9.17) is 20.7 Å². The molecule has 0 fully saturated rings. The molecule has 200 valence electrons. The number of benzene rings is 2. The molecule has 2 aromatic carbocycles. The van der Waals surface area contributed by atoms with E-state index in [1.165, 1.54) is 6.33 Å². The number of carbonyl (C=O) groups excluding carboxylic acids is 1. The van der Waals surface area contributed by atoms with Crippen molar-refractivity contribution in [1.82, 2.24) is 15.3 Å². The highest BCUT2D eigenvalue weighted by Gasteiger charge is 2.22. The quantitative estimate of drug-likeness (QED) is 0.256. The molecule has 11 nitrogen and oxygen atoms in total. The van der Waals surface area contributed by atoms with E-state index in [9.17, 15) is 18.9 Å². The van der Waals surface area contributed by atoms with Gasteiger partial charge in [-0.3, -0.25) is 4.79 Å². The molecular formula is C25H32N4O7S. The van der Waals surface area contributed by atoms with E-state index in [1.807, 2.05) is 60.7 Å². The molecule has 3 rings (SSSR count). The van der Waals surface area contributed by atoms with Gasteiger partial charge in [-0.15, -0.1) is 0 Å². The van der Waals surface area contributed by atoms with Gasteiger partial charge < -0.3 is 35.5 Å². The van der Waals surface area contributed by atoms with Gasteiger partial charge in [0.1, 0.15) is 18.7 Å². The lowest BCUT2D eigenvalue weighted by molar-refractivity contribution is -0.139. The molecule has 0 radical (unpaired) electrons. The van der Waals surface area contributed by atoms with E-state index in [2.05, 4.69) is 15.3 Å². The summed E-state index contributed by atoms with van der Waals surface area (Å²) in [4.78, 5) is 39.8. The van der Waals surface area contributed by atoms with Gasteiger partial charge in [-0.2, -0.15) is 0 Å². The van der Waals surface area contributed by atoms with Crippen molar-refractivity contribution >= 4 is 29.2 Å². The Morgan fingerprint density at radius 2 is 1.54 bits per heavy atom. The van der Waals surface area contributed by atoms with Gasteiger partial charge in [0.2, 0.25) is 0 Å². The van der Waals surface area contributed by atoms with Crippen LogP contribution in [0, 0.1) is 0 Å². The van der Waals surface area contributed by atoms with Crippen LogP contribution >= 0.6 is 0 Å². The van der Waals surface area contributed by atoms with Crippen molar-refractivity contribution < 1.29 is 33.9 Å². The Labute approximate surface area is 218 Å². The fraction of sp³-hybridized carbons (Fsp3) is 0.280. The van der Waals surface area contributed by atoms with Crippen molar-refractivity contribution in [2.75, 3.05) is 12.5 Å². The summed E-state index contributed by atoms with van der Waals surface area (Å²) in [6, 6.07) is 16.6. The zero-order valence-electron chi connectivity index (χ0n) is 20.6. The van der Waals surface area contributed by atoms with Crippen molar-refractivity contribution in [3.8, 4) is 0 Å². The smallest absolute Gasteiger partial charge is 0.408 e. The highest BCUT2D eigenvalue weighted by atomic mass is 32.2. The molecule has 0 aliphatic rings. The highest BCUT2D eigenvalue weighted by molar-refractivity contribution is 7.89. The molecular weight excluding hydrogens is 500 g/mol. The molecule has 0 aliphatic carbocycles. The van der Waals surface area contributed by atoms with Crippen molar-refractivity contribution in [2.45, 2.75) is 31.5 Å². The van der Waals surface area contributed by atoms with E-state index >= 15 is 0 Å². The van der Waals surface area contributed by atoms with Gasteiger partial charge in [0.15, 0.2) is 0 Å². The number of aromatic amines is 1. The fourth-order valence-corrected chi connectivity index (χ4v) is 2.67. The number of H-pyrrole nitrogens is 1. The first-order chi connectivity index (χ1) is 17.6. The average Bonchev–Trinajstić information content (AvgIpc) is 3.37. The van der Waals surface area contributed by atoms with E-state index < -0.39 is 41.3 Å². The van der Waals surface area contributed by atoms with Crippen LogP contribution in [0.5, 0.6) is 0 Å². The van der Waals surface area contributed by atoms with Crippen LogP contribution in [0.1, 0.15) is 16.8 Å². The maximum absolute atomic E-state index is 11.6. The number of aromatic nitrogens is 2. The zero-order valence-corrected chi connectivity index (χ0v) is 21.4. The monoisotopic (exact) mass is 532 g/mol. The number of carboxylic acid groups (broad SMARTS) is 2. The van der Waals surface area contributed by atoms with Crippen LogP contribution in [0.25, 0.3) is 0 Å². The Balaban J connectivity index is 0.000000360. The van der Waals surface area contributed by atoms with Gasteiger partial charge in [-0.05, 0) is 17.5 Å². The molecule has 0 saturated carbocycles. The minimum atomic E-state index is -1.14. The first-order valence-electron chi connectivity index (χ1n) is 11.0. The van der Waals surface area contributed by atoms with Gasteiger partial charge in [0.05, 0.1) is 24.5 Å². The lowest BCUT2D eigenvalue weighted by atomic mass is 10.1. The molecule has 2 atom stereocenters. The molecule has 2 unspecified atom stereocenters. The Hall–Kier alpha value is -3.87. The van der Waals surface area contributed by atoms with E-state index in [1.54, 1.807) is 18.7 Å². The van der Waals surface area contributed by atoms with Gasteiger partial charge >= 0.3 is 18.0 Å². The topological polar surface area (TPSA) is 191 Å². The maximum atomic E-state index is 11.6. The number of hydrogen-bond donors (Lipinski definition) is 5. The van der Waals surface area contributed by atoms with Crippen LogP contribution < -0.4 is 11.1 Å². The van der Waals surface area contributed by atoms with Crippen molar-refractivity contribution in [1.29, 1.82) is 0 Å². The summed E-state index contributed by atoms with van der Waals surface area (Å²) in [6.45, 7) is 0.0847. The lowest BCUT2D eigenvalue weighted by Gasteiger charge is -2.13. The van der Waals surface area contributed by atoms with Crippen LogP contribution in [0.3, 0.4) is 0 Å². The van der Waals surface area contributed by atoms with E-state index in [0.29, 0.717) is 12.1 Å². The molecule has 0 saturated heterocycles. The number of aliphatic carboxylic acids is 2. The molecule has 1 amide bonds. The van der Waals surface area contributed by atoms with E-state index in [-0.39, 0.29) is 13.0 Å². The largest absolute Gasteiger partial charge is 0.617 e. The number of nitrogens with two attached hydrogens (primary N) is 1. The van der Waals surface area contributed by atoms with E-state index in [0.717, 1.165) is 11.1 Å². The molecule has 6 N–H and O–H groups in total. The minimum absolute atomic E-state index is 0.0826. The van der Waals surface area contributed by atoms with Crippen LogP contribution in [0.15, 0.2) is 73.2 Å². The van der Waals surface area contributed by atoms with Gasteiger partial charge in [0.25, 0.3) is 0 Å². The summed E-state index contributed by atoms with van der Waals surface area (Å²) in [7, 11) is 0. The zero-order chi connectivity index (χ0) is 27.6. The second-order valence-electron chi connectivity index (χ2n) is 7.74. The molecule has 1 heterocycles. The second-order valence-corrected chi connectivity index (χ2v) is 9.22. The predicted octanol–water partition coefficient (Wildman–Crippen LogP) is 1.97. The number of rotatable bonds is 9. The van der Waals surface area contributed by atoms with Crippen molar-refractivity contribution in [2.24, 2.45) is 5.73 Å². The number of alkyl carbamates (subject to hydrolysis) is 1. The third-order valence-corrected chi connectivity index (χ3v) is 4.39. The second kappa shape index (κ2) is 17.5. The predicted molar refractivity (Wildman–Crippen MR) is 139 cm³/mol. The number of nitrogens with one attached hydrogen (secondary N) is 2. The molecule has 12 heteroatoms. The Kier molecular flexibility index (Phi) is 14.8. The Morgan fingerprint density at radius 3 is 2.00 bits per heavy atom. The third-order valence-electron chi connectivity index (χ3n) is 4.39.